The van der Waals surface area contributed by atoms with Gasteiger partial charge in [-0.1, -0.05) is 0 Å². The molecular formula is C15H21N5O. The first-order chi connectivity index (χ1) is 10.1. The second-order valence-electron chi connectivity index (χ2n) is 4.94. The molecule has 6 heteroatoms. The van der Waals surface area contributed by atoms with Crippen molar-refractivity contribution >= 4 is 17.3 Å². The average Bonchev–Trinajstić information content (AvgIpc) is 2.91. The van der Waals surface area contributed by atoms with Crippen molar-refractivity contribution < 1.29 is 4.79 Å². The van der Waals surface area contributed by atoms with Crippen LogP contribution in [0.15, 0.2) is 36.7 Å². The molecule has 0 spiro atoms. The molecule has 1 atom stereocenters. The molecule has 0 radical (unpaired) electrons. The van der Waals surface area contributed by atoms with Crippen LogP contribution in [0.4, 0.5) is 11.4 Å². The highest BCUT2D eigenvalue weighted by Gasteiger charge is 2.13. The summed E-state index contributed by atoms with van der Waals surface area (Å²) in [6, 6.07) is 7.24. The highest BCUT2D eigenvalue weighted by Crippen LogP contribution is 2.20. The largest absolute Gasteiger partial charge is 0.399 e. The summed E-state index contributed by atoms with van der Waals surface area (Å²) in [5.74, 6) is -0.105. The molecule has 112 valence electrons. The highest BCUT2D eigenvalue weighted by atomic mass is 16.1. The van der Waals surface area contributed by atoms with Crippen LogP contribution in [0.5, 0.6) is 0 Å². The van der Waals surface area contributed by atoms with Crippen molar-refractivity contribution in [1.82, 2.24) is 15.1 Å². The quantitative estimate of drug-likeness (QED) is 0.706. The lowest BCUT2D eigenvalue weighted by Crippen LogP contribution is -2.27. The Kier molecular flexibility index (Phi) is 4.81. The molecule has 1 aromatic carbocycles. The van der Waals surface area contributed by atoms with E-state index in [4.69, 9.17) is 5.73 Å². The van der Waals surface area contributed by atoms with Crippen LogP contribution < -0.4 is 16.4 Å². The van der Waals surface area contributed by atoms with E-state index in [2.05, 4.69) is 15.7 Å². The van der Waals surface area contributed by atoms with E-state index in [0.29, 0.717) is 24.3 Å². The van der Waals surface area contributed by atoms with Crippen molar-refractivity contribution in [1.29, 1.82) is 0 Å². The van der Waals surface area contributed by atoms with Crippen molar-refractivity contribution in [2.45, 2.75) is 26.4 Å². The molecule has 0 aliphatic carbocycles. The van der Waals surface area contributed by atoms with Gasteiger partial charge in [0.05, 0.1) is 12.1 Å². The Morgan fingerprint density at radius 1 is 1.48 bits per heavy atom. The number of nitrogens with one attached hydrogen (secondary N) is 2. The Balaban J connectivity index is 2.13. The van der Waals surface area contributed by atoms with Crippen LogP contribution in [0, 0.1) is 0 Å². The summed E-state index contributed by atoms with van der Waals surface area (Å²) in [4.78, 5) is 12.1. The average molecular weight is 287 g/mol. The fourth-order valence-corrected chi connectivity index (χ4v) is 2.14. The van der Waals surface area contributed by atoms with Gasteiger partial charge in [0.1, 0.15) is 0 Å². The van der Waals surface area contributed by atoms with E-state index >= 15 is 0 Å². The molecule has 0 aliphatic heterocycles. The van der Waals surface area contributed by atoms with E-state index in [-0.39, 0.29) is 11.9 Å². The molecule has 0 saturated heterocycles. The highest BCUT2D eigenvalue weighted by molar-refractivity contribution is 6.00. The number of rotatable bonds is 6. The molecule has 0 bridgehead atoms. The second kappa shape index (κ2) is 6.78. The number of anilines is 2. The predicted molar refractivity (Wildman–Crippen MR) is 84.2 cm³/mol. The zero-order chi connectivity index (χ0) is 15.2. The first-order valence-electron chi connectivity index (χ1n) is 7.02. The lowest BCUT2D eigenvalue weighted by molar-refractivity contribution is 0.0956. The number of benzene rings is 1. The van der Waals surface area contributed by atoms with Crippen LogP contribution in [-0.4, -0.2) is 28.3 Å². The number of amides is 1. The molecule has 1 heterocycles. The summed E-state index contributed by atoms with van der Waals surface area (Å²) in [6.07, 6.45) is 3.65. The third kappa shape index (κ3) is 3.98. The van der Waals surface area contributed by atoms with Crippen molar-refractivity contribution in [2.75, 3.05) is 17.6 Å². The molecule has 4 N–H and O–H groups in total. The lowest BCUT2D eigenvalue weighted by Gasteiger charge is -2.18. The Morgan fingerprint density at radius 2 is 2.29 bits per heavy atom. The Hall–Kier alpha value is -2.50. The smallest absolute Gasteiger partial charge is 0.253 e. The number of hydrogen-bond donors (Lipinski definition) is 3. The van der Waals surface area contributed by atoms with Gasteiger partial charge in [-0.05, 0) is 38.1 Å². The van der Waals surface area contributed by atoms with E-state index in [0.717, 1.165) is 5.69 Å². The molecule has 1 aromatic heterocycles. The first kappa shape index (κ1) is 14.9. The number of nitrogens with two attached hydrogens (primary N) is 1. The number of nitrogens with zero attached hydrogens (tertiary/aromatic N) is 2. The maximum Gasteiger partial charge on any atom is 0.253 e. The van der Waals surface area contributed by atoms with Crippen molar-refractivity contribution in [3.8, 4) is 0 Å². The van der Waals surface area contributed by atoms with Gasteiger partial charge in [0.25, 0.3) is 5.91 Å². The molecule has 21 heavy (non-hydrogen) atoms. The van der Waals surface area contributed by atoms with Gasteiger partial charge in [-0.2, -0.15) is 5.10 Å². The zero-order valence-corrected chi connectivity index (χ0v) is 12.3. The van der Waals surface area contributed by atoms with Crippen LogP contribution in [0.1, 0.15) is 24.2 Å². The van der Waals surface area contributed by atoms with Crippen molar-refractivity contribution in [2.24, 2.45) is 0 Å². The first-order valence-corrected chi connectivity index (χ1v) is 7.02. The second-order valence-corrected chi connectivity index (χ2v) is 4.94. The van der Waals surface area contributed by atoms with E-state index in [1.165, 1.54) is 0 Å². The van der Waals surface area contributed by atoms with E-state index in [9.17, 15) is 4.79 Å². The van der Waals surface area contributed by atoms with Gasteiger partial charge in [0, 0.05) is 36.4 Å². The van der Waals surface area contributed by atoms with Gasteiger partial charge >= 0.3 is 0 Å². The van der Waals surface area contributed by atoms with Gasteiger partial charge in [-0.3, -0.25) is 9.48 Å². The molecule has 0 fully saturated rings. The van der Waals surface area contributed by atoms with Crippen molar-refractivity contribution in [3.63, 3.8) is 0 Å². The minimum Gasteiger partial charge on any atom is -0.399 e. The van der Waals surface area contributed by atoms with E-state index in [1.807, 2.05) is 30.8 Å². The van der Waals surface area contributed by atoms with Gasteiger partial charge in [-0.15, -0.1) is 0 Å². The Morgan fingerprint density at radius 3 is 2.95 bits per heavy atom. The van der Waals surface area contributed by atoms with Crippen LogP contribution in [0.25, 0.3) is 0 Å². The fourth-order valence-electron chi connectivity index (χ4n) is 2.14. The lowest BCUT2D eigenvalue weighted by atomic mass is 10.1. The molecule has 1 amide bonds. The number of carbonyl (C=O) groups excluding carboxylic acids is 1. The van der Waals surface area contributed by atoms with Gasteiger partial charge < -0.3 is 16.4 Å². The Bertz CT molecular complexity index is 594. The summed E-state index contributed by atoms with van der Waals surface area (Å²) in [5, 5.41) is 10.3. The fraction of sp³-hybridized carbons (Fsp3) is 0.333. The summed E-state index contributed by atoms with van der Waals surface area (Å²) in [7, 11) is 0. The minimum absolute atomic E-state index is 0.105. The van der Waals surface area contributed by atoms with Crippen LogP contribution >= 0.6 is 0 Å². The molecule has 0 aliphatic rings. The van der Waals surface area contributed by atoms with Gasteiger partial charge in [0.2, 0.25) is 0 Å². The SMILES string of the molecule is CCNC(=O)c1ccc(N)cc1NC(C)Cn1cccn1. The molecule has 0 saturated carbocycles. The van der Waals surface area contributed by atoms with E-state index < -0.39 is 0 Å². The normalized spacial score (nSPS) is 11.9. The number of hydrogen-bond acceptors (Lipinski definition) is 4. The van der Waals surface area contributed by atoms with Gasteiger partial charge in [-0.25, -0.2) is 0 Å². The van der Waals surface area contributed by atoms with Crippen LogP contribution in [0.2, 0.25) is 0 Å². The third-order valence-electron chi connectivity index (χ3n) is 3.05. The number of nitrogen functional groups attached to an aromatic ring is 1. The monoisotopic (exact) mass is 287 g/mol. The summed E-state index contributed by atoms with van der Waals surface area (Å²) < 4.78 is 1.84. The van der Waals surface area contributed by atoms with Crippen LogP contribution in [0.3, 0.4) is 0 Å². The predicted octanol–water partition coefficient (Wildman–Crippen LogP) is 1.72. The number of carbonyl (C=O) groups is 1. The molecule has 2 rings (SSSR count). The van der Waals surface area contributed by atoms with Crippen LogP contribution in [-0.2, 0) is 6.54 Å². The molecule has 2 aromatic rings. The van der Waals surface area contributed by atoms with Gasteiger partial charge in [0.15, 0.2) is 0 Å². The zero-order valence-electron chi connectivity index (χ0n) is 12.3. The standard InChI is InChI=1S/C15H21N5O/c1-3-17-15(21)13-6-5-12(16)9-14(13)19-11(2)10-20-8-4-7-18-20/h4-9,11,19H,3,10,16H2,1-2H3,(H,17,21). The third-order valence-corrected chi connectivity index (χ3v) is 3.05. The topological polar surface area (TPSA) is 85.0 Å². The summed E-state index contributed by atoms with van der Waals surface area (Å²) in [6.45, 7) is 5.22. The maximum atomic E-state index is 12.1. The van der Waals surface area contributed by atoms with Crippen molar-refractivity contribution in [3.05, 3.63) is 42.2 Å². The molecule has 1 unspecified atom stereocenters. The summed E-state index contributed by atoms with van der Waals surface area (Å²) in [5.41, 5.74) is 7.78. The summed E-state index contributed by atoms with van der Waals surface area (Å²) >= 11 is 0. The van der Waals surface area contributed by atoms with E-state index in [1.54, 1.807) is 24.4 Å². The molecular weight excluding hydrogens is 266 g/mol. The number of aromatic nitrogens is 2. The maximum absolute atomic E-state index is 12.1. The molecule has 6 nitrogen and oxygen atoms in total. The minimum atomic E-state index is -0.105. The Labute approximate surface area is 124 Å².